The molecule has 1 aliphatic rings. The Hall–Kier alpha value is -2.55. The van der Waals surface area contributed by atoms with Crippen molar-refractivity contribution in [3.05, 3.63) is 45.3 Å². The van der Waals surface area contributed by atoms with Crippen molar-refractivity contribution in [2.24, 2.45) is 0 Å². The molecule has 8 nitrogen and oxygen atoms in total. The molecule has 0 N–H and O–H groups in total. The van der Waals surface area contributed by atoms with Crippen molar-refractivity contribution in [1.82, 2.24) is 29.9 Å². The molecular formula is C15H14ClFN6O2. The van der Waals surface area contributed by atoms with E-state index in [1.807, 2.05) is 0 Å². The van der Waals surface area contributed by atoms with Crippen LogP contribution in [0.3, 0.4) is 0 Å². The molecule has 2 aromatic heterocycles. The van der Waals surface area contributed by atoms with E-state index in [9.17, 15) is 9.18 Å². The van der Waals surface area contributed by atoms with Gasteiger partial charge in [0, 0.05) is 0 Å². The number of rotatable bonds is 4. The summed E-state index contributed by atoms with van der Waals surface area (Å²) < 4.78 is 21.6. The van der Waals surface area contributed by atoms with Crippen LogP contribution in [0.1, 0.15) is 37.5 Å². The van der Waals surface area contributed by atoms with Crippen molar-refractivity contribution in [2.75, 3.05) is 0 Å². The summed E-state index contributed by atoms with van der Waals surface area (Å²) in [6.45, 7) is -0.0128. The van der Waals surface area contributed by atoms with E-state index in [4.69, 9.17) is 16.1 Å². The number of halogens is 2. The number of aromatic nitrogens is 6. The zero-order chi connectivity index (χ0) is 17.4. The highest BCUT2D eigenvalue weighted by atomic mass is 35.5. The second kappa shape index (κ2) is 6.40. The van der Waals surface area contributed by atoms with Crippen molar-refractivity contribution in [1.29, 1.82) is 0 Å². The van der Waals surface area contributed by atoms with Gasteiger partial charge < -0.3 is 4.52 Å². The van der Waals surface area contributed by atoms with Crippen LogP contribution in [0, 0.1) is 5.82 Å². The lowest BCUT2D eigenvalue weighted by Gasteiger charge is -2.04. The Morgan fingerprint density at radius 2 is 2.08 bits per heavy atom. The highest BCUT2D eigenvalue weighted by Gasteiger charge is 2.23. The largest absolute Gasteiger partial charge is 0.364 e. The minimum atomic E-state index is -0.563. The number of hydrogen-bond acceptors (Lipinski definition) is 6. The standard InChI is InChI=1S/C15H14ClFN6O2/c16-10-6-3-7-11(17)13(10)14-18-12(19-25-14)8-22-15(24)23(21-20-22)9-4-1-2-5-9/h3,6-7,9H,1-2,4-5,8H2. The molecule has 1 aromatic carbocycles. The zero-order valence-corrected chi connectivity index (χ0v) is 13.9. The van der Waals surface area contributed by atoms with Crippen LogP contribution >= 0.6 is 11.6 Å². The Bertz CT molecular complexity index is 939. The molecule has 1 aliphatic carbocycles. The first-order valence-corrected chi connectivity index (χ1v) is 8.30. The summed E-state index contributed by atoms with van der Waals surface area (Å²) in [4.78, 5) is 16.5. The predicted octanol–water partition coefficient (Wildman–Crippen LogP) is 2.45. The average molecular weight is 365 g/mol. The van der Waals surface area contributed by atoms with E-state index < -0.39 is 5.82 Å². The molecule has 4 rings (SSSR count). The van der Waals surface area contributed by atoms with Gasteiger partial charge in [0.05, 0.1) is 16.6 Å². The van der Waals surface area contributed by atoms with Gasteiger partial charge in [0.15, 0.2) is 5.82 Å². The first-order chi connectivity index (χ1) is 12.1. The lowest BCUT2D eigenvalue weighted by atomic mass is 10.2. The van der Waals surface area contributed by atoms with Crippen LogP contribution in [0.4, 0.5) is 4.39 Å². The maximum atomic E-state index is 13.9. The summed E-state index contributed by atoms with van der Waals surface area (Å²) in [6.07, 6.45) is 4.02. The van der Waals surface area contributed by atoms with E-state index in [0.717, 1.165) is 30.4 Å². The SMILES string of the molecule is O=c1n(Cc2noc(-c3c(F)cccc3Cl)n2)nnn1C1CCCC1. The van der Waals surface area contributed by atoms with Crippen molar-refractivity contribution in [2.45, 2.75) is 38.3 Å². The number of benzene rings is 1. The van der Waals surface area contributed by atoms with Gasteiger partial charge in [0.1, 0.15) is 12.4 Å². The second-order valence-electron chi connectivity index (χ2n) is 5.91. The summed E-state index contributed by atoms with van der Waals surface area (Å²) in [5.74, 6) is -0.420. The number of hydrogen-bond donors (Lipinski definition) is 0. The molecule has 0 atom stereocenters. The quantitative estimate of drug-likeness (QED) is 0.706. The molecular weight excluding hydrogens is 351 g/mol. The van der Waals surface area contributed by atoms with Crippen molar-refractivity contribution in [3.8, 4) is 11.5 Å². The highest BCUT2D eigenvalue weighted by molar-refractivity contribution is 6.33. The fourth-order valence-corrected chi connectivity index (χ4v) is 3.26. The highest BCUT2D eigenvalue weighted by Crippen LogP contribution is 2.29. The summed E-state index contributed by atoms with van der Waals surface area (Å²) in [6, 6.07) is 4.36. The molecule has 0 bridgehead atoms. The topological polar surface area (TPSA) is 91.6 Å². The Kier molecular flexibility index (Phi) is 4.08. The van der Waals surface area contributed by atoms with E-state index in [2.05, 4.69) is 20.6 Å². The predicted molar refractivity (Wildman–Crippen MR) is 85.6 cm³/mol. The van der Waals surface area contributed by atoms with E-state index in [-0.39, 0.29) is 40.6 Å². The molecule has 0 aliphatic heterocycles. The monoisotopic (exact) mass is 364 g/mol. The fourth-order valence-electron chi connectivity index (χ4n) is 3.02. The third-order valence-electron chi connectivity index (χ3n) is 4.27. The molecule has 0 radical (unpaired) electrons. The molecule has 0 saturated heterocycles. The second-order valence-corrected chi connectivity index (χ2v) is 6.32. The molecule has 1 fully saturated rings. The Morgan fingerprint density at radius 3 is 2.84 bits per heavy atom. The first-order valence-electron chi connectivity index (χ1n) is 7.93. The van der Waals surface area contributed by atoms with Gasteiger partial charge in [-0.1, -0.05) is 35.7 Å². The summed E-state index contributed by atoms with van der Waals surface area (Å²) >= 11 is 5.99. The lowest BCUT2D eigenvalue weighted by molar-refractivity contribution is 0.415. The third kappa shape index (κ3) is 2.95. The van der Waals surface area contributed by atoms with Crippen LogP contribution in [-0.2, 0) is 6.54 Å². The van der Waals surface area contributed by atoms with Crippen LogP contribution in [0.5, 0.6) is 0 Å². The van der Waals surface area contributed by atoms with Gasteiger partial charge in [-0.05, 0) is 35.4 Å². The van der Waals surface area contributed by atoms with Crippen molar-refractivity contribution < 1.29 is 8.91 Å². The average Bonchev–Trinajstić information content (AvgIpc) is 3.31. The van der Waals surface area contributed by atoms with E-state index in [0.29, 0.717) is 0 Å². The van der Waals surface area contributed by atoms with Gasteiger partial charge in [-0.15, -0.1) is 0 Å². The van der Waals surface area contributed by atoms with Crippen molar-refractivity contribution in [3.63, 3.8) is 0 Å². The van der Waals surface area contributed by atoms with E-state index in [1.54, 1.807) is 0 Å². The van der Waals surface area contributed by atoms with Crippen LogP contribution in [0.25, 0.3) is 11.5 Å². The van der Waals surface area contributed by atoms with Gasteiger partial charge in [0.2, 0.25) is 0 Å². The minimum absolute atomic E-state index is 0.0128. The molecule has 3 aromatic rings. The molecule has 1 saturated carbocycles. The molecule has 130 valence electrons. The molecule has 0 spiro atoms. The van der Waals surface area contributed by atoms with Crippen LogP contribution in [0.2, 0.25) is 5.02 Å². The first kappa shape index (κ1) is 15.9. The summed E-state index contributed by atoms with van der Waals surface area (Å²) in [5.41, 5.74) is -0.285. The van der Waals surface area contributed by atoms with Crippen LogP contribution in [0.15, 0.2) is 27.5 Å². The van der Waals surface area contributed by atoms with Crippen LogP contribution in [-0.4, -0.2) is 29.9 Å². The molecule has 25 heavy (non-hydrogen) atoms. The molecule has 0 unspecified atom stereocenters. The smallest absolute Gasteiger partial charge is 0.334 e. The van der Waals surface area contributed by atoms with E-state index >= 15 is 0 Å². The lowest BCUT2D eigenvalue weighted by Crippen LogP contribution is -2.28. The normalized spacial score (nSPS) is 15.1. The Balaban J connectivity index is 1.59. The molecule has 0 amide bonds. The maximum Gasteiger partial charge on any atom is 0.364 e. The summed E-state index contributed by atoms with van der Waals surface area (Å²) in [7, 11) is 0. The third-order valence-corrected chi connectivity index (χ3v) is 4.58. The fraction of sp³-hybridized carbons (Fsp3) is 0.400. The van der Waals surface area contributed by atoms with Gasteiger partial charge in [-0.2, -0.15) is 14.3 Å². The van der Waals surface area contributed by atoms with Crippen LogP contribution < -0.4 is 5.69 Å². The van der Waals surface area contributed by atoms with Gasteiger partial charge in [-0.25, -0.2) is 9.18 Å². The Morgan fingerprint density at radius 1 is 1.28 bits per heavy atom. The molecule has 2 heterocycles. The van der Waals surface area contributed by atoms with Crippen molar-refractivity contribution >= 4 is 11.6 Å². The summed E-state index contributed by atoms with van der Waals surface area (Å²) in [5, 5.41) is 11.7. The van der Waals surface area contributed by atoms with Gasteiger partial charge in [0.25, 0.3) is 5.89 Å². The minimum Gasteiger partial charge on any atom is -0.334 e. The number of tetrazole rings is 1. The maximum absolute atomic E-state index is 13.9. The van der Waals surface area contributed by atoms with Gasteiger partial charge in [-0.3, -0.25) is 0 Å². The Labute approximate surface area is 146 Å². The number of nitrogens with zero attached hydrogens (tertiary/aromatic N) is 6. The molecule has 10 heteroatoms. The van der Waals surface area contributed by atoms with Gasteiger partial charge >= 0.3 is 5.69 Å². The zero-order valence-electron chi connectivity index (χ0n) is 13.1. The van der Waals surface area contributed by atoms with E-state index in [1.165, 1.54) is 22.9 Å².